The van der Waals surface area contributed by atoms with Gasteiger partial charge in [0.05, 0.1) is 31.2 Å². The summed E-state index contributed by atoms with van der Waals surface area (Å²) in [6.45, 7) is 13.4. The van der Waals surface area contributed by atoms with Crippen molar-refractivity contribution in [2.24, 2.45) is 23.7 Å². The van der Waals surface area contributed by atoms with Crippen molar-refractivity contribution < 1.29 is 27.2 Å². The quantitative estimate of drug-likeness (QED) is 0.111. The molecule has 2 aromatic carbocycles. The molecule has 0 radical (unpaired) electrons. The molecule has 2 heterocycles. The van der Waals surface area contributed by atoms with Crippen LogP contribution in [0.3, 0.4) is 0 Å². The molecule has 0 aliphatic heterocycles. The van der Waals surface area contributed by atoms with Crippen LogP contribution in [0.5, 0.6) is 0 Å². The lowest BCUT2D eigenvalue weighted by Crippen LogP contribution is -2.35. The first-order valence-electron chi connectivity index (χ1n) is 19.3. The molecule has 2 aliphatic rings. The molecule has 0 saturated heterocycles. The number of alkyl halides is 4. The smallest absolute Gasteiger partial charge is 0.248 e. The van der Waals surface area contributed by atoms with Crippen molar-refractivity contribution in [1.29, 1.82) is 0 Å². The van der Waals surface area contributed by atoms with E-state index >= 15 is 0 Å². The van der Waals surface area contributed by atoms with Gasteiger partial charge in [-0.1, -0.05) is 65.7 Å². The highest BCUT2D eigenvalue weighted by atomic mass is 19.3. The molecule has 4 N–H and O–H groups in total. The number of fused-ring (bicyclic) bond motifs is 1. The van der Waals surface area contributed by atoms with Crippen LogP contribution in [0, 0.1) is 48.4 Å². The molecular weight excluding hydrogens is 721 g/mol. The largest absolute Gasteiger partial charge is 0.349 e. The SMILES string of the molecule is C#C.CC(C)C.CC(C)C.O=C(NCc1ncc(C#Cc2ccc3cc(-c4cnc(CNC(=O)C5CCC(F)(F)CC5)[nH]4)ccc3c2)[nH]1)C1CCC(F)(F)CC1. The van der Waals surface area contributed by atoms with Crippen LogP contribution in [-0.2, 0) is 22.7 Å². The normalized spacial score (nSPS) is 16.2. The maximum Gasteiger partial charge on any atom is 0.248 e. The molecule has 2 aliphatic carbocycles. The number of aromatic nitrogens is 4. The summed E-state index contributed by atoms with van der Waals surface area (Å²) in [4.78, 5) is 39.7. The van der Waals surface area contributed by atoms with Gasteiger partial charge < -0.3 is 20.6 Å². The van der Waals surface area contributed by atoms with Gasteiger partial charge in [-0.15, -0.1) is 12.8 Å². The molecule has 8 nitrogen and oxygen atoms in total. The number of aromatic amines is 2. The Balaban J connectivity index is 0.000000759. The van der Waals surface area contributed by atoms with Crippen LogP contribution in [0.15, 0.2) is 48.8 Å². The molecule has 0 spiro atoms. The third kappa shape index (κ3) is 15.2. The molecule has 4 aromatic rings. The van der Waals surface area contributed by atoms with Crippen LogP contribution in [-0.4, -0.2) is 43.6 Å². The second-order valence-corrected chi connectivity index (χ2v) is 15.7. The number of carbonyl (C=O) groups excluding carboxylic acids is 2. The Kier molecular flexibility index (Phi) is 17.2. The van der Waals surface area contributed by atoms with Crippen molar-refractivity contribution in [3.05, 3.63) is 71.7 Å². The van der Waals surface area contributed by atoms with E-state index < -0.39 is 23.7 Å². The molecule has 2 aromatic heterocycles. The molecule has 0 atom stereocenters. The first kappa shape index (κ1) is 45.3. The predicted octanol–water partition coefficient (Wildman–Crippen LogP) is 9.81. The number of rotatable bonds is 7. The fourth-order valence-corrected chi connectivity index (χ4v) is 5.98. The van der Waals surface area contributed by atoms with Crippen LogP contribution < -0.4 is 10.6 Å². The van der Waals surface area contributed by atoms with Crippen molar-refractivity contribution >= 4 is 22.6 Å². The maximum atomic E-state index is 13.4. The van der Waals surface area contributed by atoms with Crippen molar-refractivity contribution in [2.45, 2.75) is 118 Å². The number of amides is 2. The lowest BCUT2D eigenvalue weighted by Gasteiger charge is -2.27. The summed E-state index contributed by atoms with van der Waals surface area (Å²) in [6, 6.07) is 11.8. The van der Waals surface area contributed by atoms with E-state index in [9.17, 15) is 27.2 Å². The second kappa shape index (κ2) is 21.3. The minimum Gasteiger partial charge on any atom is -0.349 e. The van der Waals surface area contributed by atoms with Gasteiger partial charge >= 0.3 is 0 Å². The number of H-pyrrole nitrogens is 2. The van der Waals surface area contributed by atoms with Gasteiger partial charge in [-0.3, -0.25) is 9.59 Å². The number of carbonyl (C=O) groups is 2. The first-order valence-corrected chi connectivity index (χ1v) is 19.3. The number of benzene rings is 2. The summed E-state index contributed by atoms with van der Waals surface area (Å²) in [5.74, 6) is 2.37. The second-order valence-electron chi connectivity index (χ2n) is 15.7. The lowest BCUT2D eigenvalue weighted by atomic mass is 9.86. The van der Waals surface area contributed by atoms with E-state index in [1.54, 1.807) is 12.4 Å². The van der Waals surface area contributed by atoms with E-state index in [0.717, 1.165) is 39.4 Å². The number of terminal acetylenes is 1. The molecule has 2 amide bonds. The van der Waals surface area contributed by atoms with Gasteiger partial charge in [-0.25, -0.2) is 27.5 Å². The molecule has 302 valence electrons. The number of hydrogen-bond donors (Lipinski definition) is 4. The van der Waals surface area contributed by atoms with Crippen LogP contribution in [0.2, 0.25) is 0 Å². The number of nitrogens with one attached hydrogen (secondary N) is 4. The third-order valence-electron chi connectivity index (χ3n) is 8.79. The van der Waals surface area contributed by atoms with Gasteiger partial charge in [0.1, 0.15) is 17.3 Å². The summed E-state index contributed by atoms with van der Waals surface area (Å²) >= 11 is 0. The van der Waals surface area contributed by atoms with E-state index in [-0.39, 0.29) is 76.3 Å². The molecule has 0 bridgehead atoms. The lowest BCUT2D eigenvalue weighted by molar-refractivity contribution is -0.130. The Morgan fingerprint density at radius 1 is 0.714 bits per heavy atom. The Morgan fingerprint density at radius 3 is 1.68 bits per heavy atom. The van der Waals surface area contributed by atoms with E-state index in [2.05, 4.69) is 96.8 Å². The highest BCUT2D eigenvalue weighted by Crippen LogP contribution is 2.37. The van der Waals surface area contributed by atoms with Crippen molar-refractivity contribution in [1.82, 2.24) is 30.6 Å². The van der Waals surface area contributed by atoms with Crippen LogP contribution >= 0.6 is 0 Å². The molecule has 56 heavy (non-hydrogen) atoms. The van der Waals surface area contributed by atoms with E-state index in [1.165, 1.54) is 0 Å². The zero-order chi connectivity index (χ0) is 41.5. The van der Waals surface area contributed by atoms with E-state index in [0.29, 0.717) is 17.3 Å². The maximum absolute atomic E-state index is 13.4. The zero-order valence-electron chi connectivity index (χ0n) is 33.4. The van der Waals surface area contributed by atoms with E-state index in [4.69, 9.17) is 0 Å². The van der Waals surface area contributed by atoms with Crippen LogP contribution in [0.25, 0.3) is 22.0 Å². The van der Waals surface area contributed by atoms with Crippen LogP contribution in [0.1, 0.15) is 116 Å². The predicted molar refractivity (Wildman–Crippen MR) is 215 cm³/mol. The number of halogens is 4. The third-order valence-corrected chi connectivity index (χ3v) is 8.79. The minimum atomic E-state index is -2.67. The fraction of sp³-hybridized carbons (Fsp3) is 0.500. The Labute approximate surface area is 328 Å². The zero-order valence-corrected chi connectivity index (χ0v) is 33.4. The average molecular weight is 777 g/mol. The van der Waals surface area contributed by atoms with Crippen molar-refractivity contribution in [3.8, 4) is 35.9 Å². The van der Waals surface area contributed by atoms with E-state index in [1.807, 2.05) is 36.4 Å². The van der Waals surface area contributed by atoms with Gasteiger partial charge in [0.25, 0.3) is 0 Å². The summed E-state index contributed by atoms with van der Waals surface area (Å²) in [6.07, 6.45) is 11.0. The molecular formula is C44H56F4N6O2. The Hall–Kier alpha value is -5.10. The molecule has 0 unspecified atom stereocenters. The van der Waals surface area contributed by atoms with Gasteiger partial charge in [-0.2, -0.15) is 0 Å². The number of imidazole rings is 2. The van der Waals surface area contributed by atoms with Crippen molar-refractivity contribution in [2.75, 3.05) is 0 Å². The summed E-state index contributed by atoms with van der Waals surface area (Å²) in [5.41, 5.74) is 3.10. The Morgan fingerprint density at radius 2 is 1.16 bits per heavy atom. The average Bonchev–Trinajstić information content (AvgIpc) is 3.82. The molecule has 2 saturated carbocycles. The fourth-order valence-electron chi connectivity index (χ4n) is 5.98. The number of nitrogens with zero attached hydrogens (tertiary/aromatic N) is 2. The van der Waals surface area contributed by atoms with Gasteiger partial charge in [0.2, 0.25) is 23.7 Å². The summed E-state index contributed by atoms with van der Waals surface area (Å²) in [5, 5.41) is 7.59. The van der Waals surface area contributed by atoms with Crippen molar-refractivity contribution in [3.63, 3.8) is 0 Å². The van der Waals surface area contributed by atoms with Gasteiger partial charge in [0.15, 0.2) is 0 Å². The highest BCUT2D eigenvalue weighted by molar-refractivity contribution is 5.88. The summed E-state index contributed by atoms with van der Waals surface area (Å²) in [7, 11) is 0. The highest BCUT2D eigenvalue weighted by Gasteiger charge is 2.38. The standard InChI is InChI=1S/C34H34F4N6O2.2C4H10.C2H2/c35-33(36)11-7-22(8-12-33)31(45)41-19-29-39-17-27(43-29)6-2-21-1-3-25-16-26(5-4-24(25)15-21)28-18-40-30(44-28)20-42-32(46)23-9-13-34(37,38)14-10-23;2*1-4(2)3;1-2/h1,3-5,15-18,22-23H,7-14,19-20H2,(H,39,43)(H,40,44)(H,41,45)(H,42,46);2*4H,1-3H3;1-2H. The Bertz CT molecular complexity index is 1920. The van der Waals surface area contributed by atoms with Crippen LogP contribution in [0.4, 0.5) is 17.6 Å². The number of hydrogen-bond acceptors (Lipinski definition) is 4. The first-order chi connectivity index (χ1) is 26.5. The van der Waals surface area contributed by atoms with Gasteiger partial charge in [-0.05, 0) is 72.4 Å². The monoisotopic (exact) mass is 776 g/mol. The molecule has 6 rings (SSSR count). The summed E-state index contributed by atoms with van der Waals surface area (Å²) < 4.78 is 53.5. The topological polar surface area (TPSA) is 116 Å². The minimum absolute atomic E-state index is 0.169. The molecule has 12 heteroatoms. The molecule has 2 fully saturated rings. The van der Waals surface area contributed by atoms with Gasteiger partial charge in [0, 0.05) is 48.6 Å².